The highest BCUT2D eigenvalue weighted by Crippen LogP contribution is 2.43. The van der Waals surface area contributed by atoms with Crippen molar-refractivity contribution in [1.82, 2.24) is 10.6 Å². The lowest BCUT2D eigenvalue weighted by Crippen LogP contribution is -2.40. The minimum absolute atomic E-state index is 0. The summed E-state index contributed by atoms with van der Waals surface area (Å²) in [6, 6.07) is 0. The van der Waals surface area contributed by atoms with Gasteiger partial charge in [0.05, 0.1) is 0 Å². The topological polar surface area (TPSA) is 36.4 Å². The second kappa shape index (κ2) is 9.87. The molecular formula is C14H30IN3. The summed E-state index contributed by atoms with van der Waals surface area (Å²) in [5.41, 5.74) is 0.521. The average molecular weight is 367 g/mol. The Kier molecular flexibility index (Phi) is 9.87. The second-order valence-corrected chi connectivity index (χ2v) is 5.18. The van der Waals surface area contributed by atoms with E-state index in [1.807, 2.05) is 0 Å². The Labute approximate surface area is 130 Å². The Bertz CT molecular complexity index is 232. The number of halogens is 1. The molecule has 0 aromatic carbocycles. The summed E-state index contributed by atoms with van der Waals surface area (Å²) in [6.07, 6.45) is 7.82. The van der Waals surface area contributed by atoms with Crippen molar-refractivity contribution in [2.24, 2.45) is 10.4 Å². The molecule has 1 fully saturated rings. The number of unbranched alkanes of at least 4 members (excludes halogenated alkanes) is 1. The summed E-state index contributed by atoms with van der Waals surface area (Å²) in [5, 5.41) is 6.73. The standard InChI is InChI=1S/C14H29N3.HI/c1-4-7-11-16-13(15-6-3)17-12-14(5-2)9-8-10-14;/h4-12H2,1-3H3,(H2,15,16,17);1H. The quantitative estimate of drug-likeness (QED) is 0.313. The molecule has 0 saturated heterocycles. The van der Waals surface area contributed by atoms with E-state index < -0.39 is 0 Å². The summed E-state index contributed by atoms with van der Waals surface area (Å²) in [5.74, 6) is 1.00. The Morgan fingerprint density at radius 3 is 2.33 bits per heavy atom. The number of rotatable bonds is 7. The molecule has 0 aliphatic heterocycles. The van der Waals surface area contributed by atoms with Crippen LogP contribution in [0.1, 0.15) is 59.3 Å². The molecule has 0 aromatic heterocycles. The van der Waals surface area contributed by atoms with E-state index in [0.717, 1.165) is 25.6 Å². The van der Waals surface area contributed by atoms with Gasteiger partial charge in [0, 0.05) is 19.6 Å². The first kappa shape index (κ1) is 18.0. The van der Waals surface area contributed by atoms with Gasteiger partial charge < -0.3 is 10.6 Å². The Hall–Kier alpha value is 0. The lowest BCUT2D eigenvalue weighted by atomic mass is 9.67. The Morgan fingerprint density at radius 2 is 1.89 bits per heavy atom. The zero-order valence-electron chi connectivity index (χ0n) is 12.2. The van der Waals surface area contributed by atoms with Crippen LogP contribution in [0.4, 0.5) is 0 Å². The third kappa shape index (κ3) is 5.76. The van der Waals surface area contributed by atoms with E-state index in [1.165, 1.54) is 38.5 Å². The van der Waals surface area contributed by atoms with Gasteiger partial charge in [0.15, 0.2) is 5.96 Å². The molecule has 0 heterocycles. The van der Waals surface area contributed by atoms with Crippen LogP contribution in [0.3, 0.4) is 0 Å². The minimum Gasteiger partial charge on any atom is -0.357 e. The fourth-order valence-corrected chi connectivity index (χ4v) is 2.27. The van der Waals surface area contributed by atoms with Gasteiger partial charge in [-0.2, -0.15) is 0 Å². The molecule has 1 rings (SSSR count). The van der Waals surface area contributed by atoms with Crippen LogP contribution < -0.4 is 10.6 Å². The van der Waals surface area contributed by atoms with Crippen molar-refractivity contribution in [2.45, 2.75) is 59.3 Å². The van der Waals surface area contributed by atoms with Gasteiger partial charge >= 0.3 is 0 Å². The summed E-state index contributed by atoms with van der Waals surface area (Å²) in [6.45, 7) is 9.59. The predicted molar refractivity (Wildman–Crippen MR) is 90.9 cm³/mol. The van der Waals surface area contributed by atoms with E-state index in [2.05, 4.69) is 31.4 Å². The lowest BCUT2D eigenvalue weighted by molar-refractivity contribution is 0.139. The zero-order valence-corrected chi connectivity index (χ0v) is 14.5. The van der Waals surface area contributed by atoms with E-state index in [4.69, 9.17) is 4.99 Å². The van der Waals surface area contributed by atoms with Crippen molar-refractivity contribution < 1.29 is 0 Å². The SMILES string of the molecule is CCCCNC(=NCC1(CC)CCC1)NCC.I. The molecule has 0 atom stereocenters. The van der Waals surface area contributed by atoms with Gasteiger partial charge in [0.2, 0.25) is 0 Å². The van der Waals surface area contributed by atoms with E-state index in [0.29, 0.717) is 5.41 Å². The Morgan fingerprint density at radius 1 is 1.17 bits per heavy atom. The second-order valence-electron chi connectivity index (χ2n) is 5.18. The number of nitrogens with zero attached hydrogens (tertiary/aromatic N) is 1. The highest BCUT2D eigenvalue weighted by atomic mass is 127. The van der Waals surface area contributed by atoms with Crippen LogP contribution in [-0.2, 0) is 0 Å². The maximum atomic E-state index is 4.74. The monoisotopic (exact) mass is 367 g/mol. The number of aliphatic imine (C=N–C) groups is 1. The number of guanidine groups is 1. The van der Waals surface area contributed by atoms with Crippen molar-refractivity contribution in [3.05, 3.63) is 0 Å². The highest BCUT2D eigenvalue weighted by molar-refractivity contribution is 14.0. The summed E-state index contributed by atoms with van der Waals surface area (Å²) in [4.78, 5) is 4.74. The van der Waals surface area contributed by atoms with Crippen LogP contribution in [0.2, 0.25) is 0 Å². The molecule has 0 spiro atoms. The first-order valence-corrected chi connectivity index (χ1v) is 7.28. The molecule has 0 unspecified atom stereocenters. The largest absolute Gasteiger partial charge is 0.357 e. The fraction of sp³-hybridized carbons (Fsp3) is 0.929. The van der Waals surface area contributed by atoms with Gasteiger partial charge in [-0.1, -0.05) is 26.7 Å². The summed E-state index contributed by atoms with van der Waals surface area (Å²) in [7, 11) is 0. The smallest absolute Gasteiger partial charge is 0.191 e. The van der Waals surface area contributed by atoms with Crippen molar-refractivity contribution in [3.63, 3.8) is 0 Å². The van der Waals surface area contributed by atoms with Gasteiger partial charge in [-0.05, 0) is 38.0 Å². The van der Waals surface area contributed by atoms with Gasteiger partial charge in [-0.3, -0.25) is 4.99 Å². The van der Waals surface area contributed by atoms with Gasteiger partial charge in [-0.25, -0.2) is 0 Å². The van der Waals surface area contributed by atoms with Crippen molar-refractivity contribution >= 4 is 29.9 Å². The lowest BCUT2D eigenvalue weighted by Gasteiger charge is -2.40. The summed E-state index contributed by atoms with van der Waals surface area (Å²) < 4.78 is 0. The minimum atomic E-state index is 0. The van der Waals surface area contributed by atoms with E-state index >= 15 is 0 Å². The first-order chi connectivity index (χ1) is 8.26. The maximum absolute atomic E-state index is 4.74. The summed E-state index contributed by atoms with van der Waals surface area (Å²) >= 11 is 0. The first-order valence-electron chi connectivity index (χ1n) is 7.28. The predicted octanol–water partition coefficient (Wildman–Crippen LogP) is 3.54. The van der Waals surface area contributed by atoms with Crippen LogP contribution in [-0.4, -0.2) is 25.6 Å². The van der Waals surface area contributed by atoms with Gasteiger partial charge in [0.25, 0.3) is 0 Å². The fourth-order valence-electron chi connectivity index (χ4n) is 2.27. The number of hydrogen-bond acceptors (Lipinski definition) is 1. The maximum Gasteiger partial charge on any atom is 0.191 e. The Balaban J connectivity index is 0.00000289. The zero-order chi connectivity index (χ0) is 12.6. The van der Waals surface area contributed by atoms with Crippen LogP contribution in [0.5, 0.6) is 0 Å². The molecule has 3 nitrogen and oxygen atoms in total. The average Bonchev–Trinajstić information content (AvgIpc) is 2.28. The molecule has 0 radical (unpaired) electrons. The number of hydrogen-bond donors (Lipinski definition) is 2. The molecule has 18 heavy (non-hydrogen) atoms. The molecule has 108 valence electrons. The number of nitrogens with one attached hydrogen (secondary N) is 2. The van der Waals surface area contributed by atoms with Crippen LogP contribution >= 0.6 is 24.0 Å². The molecule has 0 bridgehead atoms. The van der Waals surface area contributed by atoms with Crippen LogP contribution in [0, 0.1) is 5.41 Å². The van der Waals surface area contributed by atoms with E-state index in [1.54, 1.807) is 0 Å². The van der Waals surface area contributed by atoms with Crippen molar-refractivity contribution in [1.29, 1.82) is 0 Å². The van der Waals surface area contributed by atoms with E-state index in [9.17, 15) is 0 Å². The molecule has 4 heteroatoms. The molecule has 1 saturated carbocycles. The van der Waals surface area contributed by atoms with Crippen molar-refractivity contribution in [2.75, 3.05) is 19.6 Å². The molecule has 1 aliphatic rings. The molecule has 0 aromatic rings. The third-order valence-corrected chi connectivity index (χ3v) is 3.90. The normalized spacial score (nSPS) is 17.6. The van der Waals surface area contributed by atoms with Gasteiger partial charge in [0.1, 0.15) is 0 Å². The molecule has 2 N–H and O–H groups in total. The highest BCUT2D eigenvalue weighted by Gasteiger charge is 2.34. The van der Waals surface area contributed by atoms with Gasteiger partial charge in [-0.15, -0.1) is 24.0 Å². The molecule has 0 amide bonds. The van der Waals surface area contributed by atoms with Crippen LogP contribution in [0.25, 0.3) is 0 Å². The van der Waals surface area contributed by atoms with E-state index in [-0.39, 0.29) is 24.0 Å². The third-order valence-electron chi connectivity index (χ3n) is 3.90. The molecule has 1 aliphatic carbocycles. The molecular weight excluding hydrogens is 337 g/mol. The van der Waals surface area contributed by atoms with Crippen LogP contribution in [0.15, 0.2) is 4.99 Å². The van der Waals surface area contributed by atoms with Crippen molar-refractivity contribution in [3.8, 4) is 0 Å².